The van der Waals surface area contributed by atoms with E-state index in [1.54, 1.807) is 11.3 Å². The summed E-state index contributed by atoms with van der Waals surface area (Å²) < 4.78 is 2.30. The van der Waals surface area contributed by atoms with E-state index in [0.29, 0.717) is 6.54 Å². The quantitative estimate of drug-likeness (QED) is 0.763. The number of rotatable bonds is 4. The Morgan fingerprint density at radius 1 is 1.11 bits per heavy atom. The van der Waals surface area contributed by atoms with Crippen LogP contribution in [0.2, 0.25) is 0 Å². The summed E-state index contributed by atoms with van der Waals surface area (Å²) >= 11 is 1.75. The van der Waals surface area contributed by atoms with E-state index in [0.717, 1.165) is 13.0 Å². The molecule has 2 aromatic heterocycles. The van der Waals surface area contributed by atoms with Crippen LogP contribution in [-0.4, -0.2) is 11.1 Å². The van der Waals surface area contributed by atoms with Crippen LogP contribution in [0.4, 0.5) is 0 Å². The molecule has 0 aliphatic rings. The van der Waals surface area contributed by atoms with E-state index >= 15 is 0 Å². The summed E-state index contributed by atoms with van der Waals surface area (Å²) in [4.78, 5) is 0. The molecule has 0 radical (unpaired) electrons. The summed E-state index contributed by atoms with van der Waals surface area (Å²) in [5, 5.41) is 5.63. The molecule has 2 heterocycles. The lowest BCUT2D eigenvalue weighted by atomic mass is 10.1. The molecule has 0 saturated carbocycles. The Balaban J connectivity index is 1.94. The van der Waals surface area contributed by atoms with Crippen LogP contribution in [0, 0.1) is 0 Å². The zero-order valence-corrected chi connectivity index (χ0v) is 11.0. The molecule has 0 atom stereocenters. The van der Waals surface area contributed by atoms with Gasteiger partial charge in [0.2, 0.25) is 0 Å². The molecule has 1 aromatic carbocycles. The van der Waals surface area contributed by atoms with Gasteiger partial charge in [0, 0.05) is 18.3 Å². The van der Waals surface area contributed by atoms with E-state index in [1.165, 1.54) is 22.0 Å². The van der Waals surface area contributed by atoms with Crippen LogP contribution in [0.15, 0.2) is 47.3 Å². The van der Waals surface area contributed by atoms with Gasteiger partial charge in [-0.3, -0.25) is 0 Å². The van der Waals surface area contributed by atoms with E-state index in [1.807, 2.05) is 0 Å². The van der Waals surface area contributed by atoms with Crippen LogP contribution in [0.25, 0.3) is 10.9 Å². The molecular weight excluding hydrogens is 240 g/mol. The number of benzene rings is 1. The number of thiophene rings is 1. The molecule has 92 valence electrons. The van der Waals surface area contributed by atoms with E-state index < -0.39 is 0 Å². The summed E-state index contributed by atoms with van der Waals surface area (Å²) in [6.07, 6.45) is 3.11. The molecule has 3 heteroatoms. The minimum atomic E-state index is 0.709. The summed E-state index contributed by atoms with van der Waals surface area (Å²) in [7, 11) is 0. The van der Waals surface area contributed by atoms with Crippen molar-refractivity contribution in [2.24, 2.45) is 5.73 Å². The monoisotopic (exact) mass is 256 g/mol. The number of hydrogen-bond acceptors (Lipinski definition) is 2. The lowest BCUT2D eigenvalue weighted by Crippen LogP contribution is -2.02. The highest BCUT2D eigenvalue weighted by atomic mass is 32.1. The van der Waals surface area contributed by atoms with Gasteiger partial charge in [-0.25, -0.2) is 0 Å². The summed E-state index contributed by atoms with van der Waals surface area (Å²) in [5.74, 6) is 0. The van der Waals surface area contributed by atoms with Gasteiger partial charge in [0.15, 0.2) is 0 Å². The first-order valence-electron chi connectivity index (χ1n) is 6.16. The van der Waals surface area contributed by atoms with Gasteiger partial charge in [0.05, 0.1) is 0 Å². The predicted octanol–water partition coefficient (Wildman–Crippen LogP) is 3.25. The molecule has 0 spiro atoms. The average Bonchev–Trinajstić information content (AvgIpc) is 3.00. The van der Waals surface area contributed by atoms with Crippen LogP contribution in [0.1, 0.15) is 11.1 Å². The minimum Gasteiger partial charge on any atom is -0.343 e. The molecule has 0 aliphatic carbocycles. The Morgan fingerprint density at radius 2 is 2.06 bits per heavy atom. The van der Waals surface area contributed by atoms with Crippen molar-refractivity contribution in [3.05, 3.63) is 58.4 Å². The second-order valence-electron chi connectivity index (χ2n) is 4.51. The Hall–Kier alpha value is -1.58. The van der Waals surface area contributed by atoms with E-state index in [4.69, 9.17) is 5.73 Å². The maximum Gasteiger partial charge on any atom is 0.0484 e. The van der Waals surface area contributed by atoms with Crippen molar-refractivity contribution in [2.45, 2.75) is 13.0 Å². The normalized spacial score (nSPS) is 11.2. The predicted molar refractivity (Wildman–Crippen MR) is 78.1 cm³/mol. The largest absolute Gasteiger partial charge is 0.343 e. The van der Waals surface area contributed by atoms with Gasteiger partial charge < -0.3 is 10.3 Å². The molecule has 2 N–H and O–H groups in total. The van der Waals surface area contributed by atoms with Crippen LogP contribution in [0.5, 0.6) is 0 Å². The number of nitrogens with two attached hydrogens (primary N) is 1. The highest BCUT2D eigenvalue weighted by molar-refractivity contribution is 7.07. The van der Waals surface area contributed by atoms with Crippen molar-refractivity contribution < 1.29 is 0 Å². The fourth-order valence-corrected chi connectivity index (χ4v) is 2.95. The van der Waals surface area contributed by atoms with E-state index in [-0.39, 0.29) is 0 Å². The Kier molecular flexibility index (Phi) is 3.17. The Bertz CT molecular complexity index is 638. The second-order valence-corrected chi connectivity index (χ2v) is 5.29. The van der Waals surface area contributed by atoms with Crippen molar-refractivity contribution >= 4 is 22.2 Å². The number of aromatic nitrogens is 1. The first-order chi connectivity index (χ1) is 8.86. The molecule has 18 heavy (non-hydrogen) atoms. The van der Waals surface area contributed by atoms with E-state index in [2.05, 4.69) is 51.9 Å². The first kappa shape index (κ1) is 11.5. The van der Waals surface area contributed by atoms with Crippen molar-refractivity contribution in [2.75, 3.05) is 6.54 Å². The van der Waals surface area contributed by atoms with Crippen LogP contribution < -0.4 is 5.73 Å². The SMILES string of the molecule is NCCc1ccc2c(ccn2Cc2ccsc2)c1. The molecule has 0 amide bonds. The van der Waals surface area contributed by atoms with Crippen molar-refractivity contribution in [3.8, 4) is 0 Å². The zero-order valence-electron chi connectivity index (χ0n) is 10.2. The van der Waals surface area contributed by atoms with Crippen LogP contribution in [0.3, 0.4) is 0 Å². The van der Waals surface area contributed by atoms with Gasteiger partial charge >= 0.3 is 0 Å². The minimum absolute atomic E-state index is 0.709. The van der Waals surface area contributed by atoms with Crippen molar-refractivity contribution in [1.82, 2.24) is 4.57 Å². The summed E-state index contributed by atoms with van der Waals surface area (Å²) in [6.45, 7) is 1.66. The summed E-state index contributed by atoms with van der Waals surface area (Å²) in [5.41, 5.74) is 9.57. The number of fused-ring (bicyclic) bond motifs is 1. The van der Waals surface area contributed by atoms with E-state index in [9.17, 15) is 0 Å². The van der Waals surface area contributed by atoms with Gasteiger partial charge in [-0.05, 0) is 64.5 Å². The molecule has 2 nitrogen and oxygen atoms in total. The number of nitrogens with zero attached hydrogens (tertiary/aromatic N) is 1. The molecule has 0 bridgehead atoms. The van der Waals surface area contributed by atoms with Gasteiger partial charge in [-0.15, -0.1) is 0 Å². The highest BCUT2D eigenvalue weighted by Gasteiger charge is 2.03. The van der Waals surface area contributed by atoms with Crippen LogP contribution in [-0.2, 0) is 13.0 Å². The van der Waals surface area contributed by atoms with Crippen molar-refractivity contribution in [3.63, 3.8) is 0 Å². The number of hydrogen-bond donors (Lipinski definition) is 1. The molecule has 0 fully saturated rings. The van der Waals surface area contributed by atoms with Gasteiger partial charge in [-0.2, -0.15) is 11.3 Å². The fraction of sp³-hybridized carbons (Fsp3) is 0.200. The third-order valence-electron chi connectivity index (χ3n) is 3.20. The average molecular weight is 256 g/mol. The first-order valence-corrected chi connectivity index (χ1v) is 7.10. The Labute approximate surface area is 111 Å². The molecule has 0 saturated heterocycles. The fourth-order valence-electron chi connectivity index (χ4n) is 2.29. The second kappa shape index (κ2) is 4.96. The lowest BCUT2D eigenvalue weighted by Gasteiger charge is -2.05. The molecule has 0 aliphatic heterocycles. The van der Waals surface area contributed by atoms with Gasteiger partial charge in [-0.1, -0.05) is 6.07 Å². The lowest BCUT2D eigenvalue weighted by molar-refractivity contribution is 0.840. The molecule has 3 aromatic rings. The smallest absolute Gasteiger partial charge is 0.0484 e. The van der Waals surface area contributed by atoms with Crippen LogP contribution >= 0.6 is 11.3 Å². The van der Waals surface area contributed by atoms with Gasteiger partial charge in [0.1, 0.15) is 0 Å². The van der Waals surface area contributed by atoms with Gasteiger partial charge in [0.25, 0.3) is 0 Å². The third-order valence-corrected chi connectivity index (χ3v) is 3.93. The molecule has 0 unspecified atom stereocenters. The standard InChI is InChI=1S/C15H16N2S/c16-6-3-12-1-2-15-14(9-12)4-7-17(15)10-13-5-8-18-11-13/h1-2,4-5,7-9,11H,3,6,10,16H2. The maximum absolute atomic E-state index is 5.60. The highest BCUT2D eigenvalue weighted by Crippen LogP contribution is 2.20. The maximum atomic E-state index is 5.60. The third kappa shape index (κ3) is 2.19. The summed E-state index contributed by atoms with van der Waals surface area (Å²) in [6, 6.07) is 11.0. The topological polar surface area (TPSA) is 30.9 Å². The zero-order chi connectivity index (χ0) is 12.4. The van der Waals surface area contributed by atoms with Crippen molar-refractivity contribution in [1.29, 1.82) is 0 Å². The molecular formula is C15H16N2S. The Morgan fingerprint density at radius 3 is 2.83 bits per heavy atom. The molecule has 3 rings (SSSR count).